The Labute approximate surface area is 133 Å². The van der Waals surface area contributed by atoms with Crippen LogP contribution in [0.25, 0.3) is 0 Å². The average molecular weight is 432 g/mol. The van der Waals surface area contributed by atoms with Crippen LogP contribution in [0.5, 0.6) is 0 Å². The molecule has 0 aromatic heterocycles. The van der Waals surface area contributed by atoms with Gasteiger partial charge in [0, 0.05) is 8.04 Å². The quantitative estimate of drug-likeness (QED) is 0.387. The van der Waals surface area contributed by atoms with E-state index in [9.17, 15) is 9.59 Å². The van der Waals surface area contributed by atoms with Crippen LogP contribution in [-0.2, 0) is 9.59 Å². The normalized spacial score (nSPS) is 25.9. The number of carbonyl (C=O) groups excluding carboxylic acids is 2. The van der Waals surface area contributed by atoms with Crippen LogP contribution in [0.3, 0.4) is 0 Å². The van der Waals surface area contributed by atoms with Crippen LogP contribution in [-0.4, -0.2) is 11.8 Å². The van der Waals surface area contributed by atoms with Crippen LogP contribution in [0.1, 0.15) is 12.8 Å². The molecule has 2 amide bonds. The number of allylic oxidation sites excluding steroid dienone is 2. The number of halogens is 2. The van der Waals surface area contributed by atoms with Gasteiger partial charge < -0.3 is 0 Å². The molecule has 98 valence electrons. The average Bonchev–Trinajstić information content (AvgIpc) is 2.66. The van der Waals surface area contributed by atoms with E-state index < -0.39 is 0 Å². The second-order valence-corrected chi connectivity index (χ2v) is 6.78. The molecule has 3 rings (SSSR count). The molecule has 2 aliphatic rings. The van der Waals surface area contributed by atoms with Crippen molar-refractivity contribution in [3.8, 4) is 0 Å². The molecular weight excluding hydrogens is 421 g/mol. The van der Waals surface area contributed by atoms with Crippen molar-refractivity contribution in [1.29, 1.82) is 0 Å². The first kappa shape index (κ1) is 13.3. The van der Waals surface area contributed by atoms with Gasteiger partial charge in [-0.2, -0.15) is 0 Å². The summed E-state index contributed by atoms with van der Waals surface area (Å²) in [6.07, 6.45) is 5.36. The summed E-state index contributed by atoms with van der Waals surface area (Å²) < 4.78 is 1.96. The molecule has 0 unspecified atom stereocenters. The Morgan fingerprint density at radius 1 is 1.11 bits per heavy atom. The van der Waals surface area contributed by atoms with Gasteiger partial charge in [-0.25, -0.2) is 4.90 Å². The number of rotatable bonds is 1. The minimum atomic E-state index is -0.168. The van der Waals surface area contributed by atoms with Gasteiger partial charge in [-0.05, 0) is 69.6 Å². The lowest BCUT2D eigenvalue weighted by atomic mass is 9.85. The molecule has 0 saturated carbocycles. The molecule has 1 aliphatic carbocycles. The molecule has 1 aliphatic heterocycles. The molecule has 0 bridgehead atoms. The number of amides is 2. The fraction of sp³-hybridized carbons (Fsp3) is 0.286. The summed E-state index contributed by atoms with van der Waals surface area (Å²) in [5, 5.41) is 0. The molecule has 1 aromatic rings. The SMILES string of the molecule is O=C1[C@H]2CC=CC[C@H]2C(=O)N1c1ccc(Br)c(I)c1. The predicted molar refractivity (Wildman–Crippen MR) is 84.7 cm³/mol. The number of nitrogens with zero attached hydrogens (tertiary/aromatic N) is 1. The maximum atomic E-state index is 12.4. The number of imide groups is 1. The second kappa shape index (κ2) is 5.01. The van der Waals surface area contributed by atoms with Gasteiger partial charge in [0.25, 0.3) is 0 Å². The predicted octanol–water partition coefficient (Wildman–Crippen LogP) is 3.51. The van der Waals surface area contributed by atoms with Gasteiger partial charge in [0.2, 0.25) is 11.8 Å². The second-order valence-electron chi connectivity index (χ2n) is 4.77. The van der Waals surface area contributed by atoms with E-state index in [1.807, 2.05) is 30.4 Å². The summed E-state index contributed by atoms with van der Waals surface area (Å²) in [5.41, 5.74) is 0.678. The van der Waals surface area contributed by atoms with Crippen molar-refractivity contribution in [2.75, 3.05) is 4.90 Å². The van der Waals surface area contributed by atoms with Crippen LogP contribution in [0.2, 0.25) is 0 Å². The standard InChI is InChI=1S/C14H11BrINO2/c15-11-6-5-8(7-12(11)16)17-13(18)9-3-1-2-4-10(9)14(17)19/h1-2,5-7,9-10H,3-4H2/t9-,10+. The van der Waals surface area contributed by atoms with E-state index in [4.69, 9.17) is 0 Å². The molecule has 19 heavy (non-hydrogen) atoms. The van der Waals surface area contributed by atoms with Gasteiger partial charge >= 0.3 is 0 Å². The van der Waals surface area contributed by atoms with E-state index in [1.165, 1.54) is 4.90 Å². The molecule has 0 N–H and O–H groups in total. The lowest BCUT2D eigenvalue weighted by Crippen LogP contribution is -2.30. The van der Waals surface area contributed by atoms with E-state index >= 15 is 0 Å². The van der Waals surface area contributed by atoms with Crippen molar-refractivity contribution in [2.45, 2.75) is 12.8 Å². The van der Waals surface area contributed by atoms with Crippen molar-refractivity contribution in [1.82, 2.24) is 0 Å². The Morgan fingerprint density at radius 3 is 2.21 bits per heavy atom. The summed E-state index contributed by atoms with van der Waals surface area (Å²) in [4.78, 5) is 26.2. The van der Waals surface area contributed by atoms with E-state index in [0.29, 0.717) is 18.5 Å². The number of hydrogen-bond acceptors (Lipinski definition) is 2. The molecule has 3 nitrogen and oxygen atoms in total. The van der Waals surface area contributed by atoms with Crippen LogP contribution in [0, 0.1) is 15.4 Å². The minimum Gasteiger partial charge on any atom is -0.274 e. The molecule has 1 heterocycles. The summed E-state index contributed by atoms with van der Waals surface area (Å²) in [6.45, 7) is 0. The highest BCUT2D eigenvalue weighted by Gasteiger charge is 2.47. The van der Waals surface area contributed by atoms with Crippen molar-refractivity contribution < 1.29 is 9.59 Å². The van der Waals surface area contributed by atoms with E-state index in [0.717, 1.165) is 8.04 Å². The molecule has 1 aromatic carbocycles. The van der Waals surface area contributed by atoms with E-state index in [2.05, 4.69) is 38.5 Å². The molecule has 0 radical (unpaired) electrons. The molecular formula is C14H11BrINO2. The zero-order valence-electron chi connectivity index (χ0n) is 9.98. The van der Waals surface area contributed by atoms with E-state index in [-0.39, 0.29) is 23.7 Å². The fourth-order valence-corrected chi connectivity index (χ4v) is 3.42. The highest BCUT2D eigenvalue weighted by molar-refractivity contribution is 14.1. The van der Waals surface area contributed by atoms with Crippen molar-refractivity contribution in [3.05, 3.63) is 38.4 Å². The third-order valence-electron chi connectivity index (χ3n) is 3.67. The Bertz CT molecular complexity index is 573. The first-order valence-corrected chi connectivity index (χ1v) is 7.94. The van der Waals surface area contributed by atoms with Crippen molar-refractivity contribution in [3.63, 3.8) is 0 Å². The monoisotopic (exact) mass is 431 g/mol. The summed E-state index contributed by atoms with van der Waals surface area (Å²) in [5.74, 6) is -0.451. The van der Waals surface area contributed by atoms with Gasteiger partial charge in [0.15, 0.2) is 0 Å². The molecule has 1 saturated heterocycles. The lowest BCUT2D eigenvalue weighted by molar-refractivity contribution is -0.122. The molecule has 2 atom stereocenters. The zero-order chi connectivity index (χ0) is 13.6. The Hall–Kier alpha value is -0.690. The zero-order valence-corrected chi connectivity index (χ0v) is 13.7. The number of benzene rings is 1. The Kier molecular flexibility index (Phi) is 3.51. The number of fused-ring (bicyclic) bond motifs is 1. The van der Waals surface area contributed by atoms with Crippen LogP contribution >= 0.6 is 38.5 Å². The maximum Gasteiger partial charge on any atom is 0.238 e. The third-order valence-corrected chi connectivity index (χ3v) is 5.99. The van der Waals surface area contributed by atoms with Gasteiger partial charge in [-0.15, -0.1) is 0 Å². The van der Waals surface area contributed by atoms with Gasteiger partial charge in [-0.3, -0.25) is 9.59 Å². The van der Waals surface area contributed by atoms with Gasteiger partial charge in [0.1, 0.15) is 0 Å². The number of anilines is 1. The van der Waals surface area contributed by atoms with Crippen LogP contribution in [0.15, 0.2) is 34.8 Å². The largest absolute Gasteiger partial charge is 0.274 e. The summed E-state index contributed by atoms with van der Waals surface area (Å²) in [7, 11) is 0. The van der Waals surface area contributed by atoms with Gasteiger partial charge in [0.05, 0.1) is 17.5 Å². The Morgan fingerprint density at radius 2 is 1.68 bits per heavy atom. The Balaban J connectivity index is 1.99. The fourth-order valence-electron chi connectivity index (χ4n) is 2.68. The highest BCUT2D eigenvalue weighted by Crippen LogP contribution is 2.38. The summed E-state index contributed by atoms with van der Waals surface area (Å²) >= 11 is 5.61. The summed E-state index contributed by atoms with van der Waals surface area (Å²) in [6, 6.07) is 5.55. The lowest BCUT2D eigenvalue weighted by Gasteiger charge is -2.15. The van der Waals surface area contributed by atoms with Crippen molar-refractivity contribution >= 4 is 56.0 Å². The first-order chi connectivity index (χ1) is 9.09. The third kappa shape index (κ3) is 2.16. The molecule has 1 fully saturated rings. The highest BCUT2D eigenvalue weighted by atomic mass is 127. The van der Waals surface area contributed by atoms with Crippen molar-refractivity contribution in [2.24, 2.45) is 11.8 Å². The number of carbonyl (C=O) groups is 2. The topological polar surface area (TPSA) is 37.4 Å². The first-order valence-electron chi connectivity index (χ1n) is 6.07. The maximum absolute atomic E-state index is 12.4. The molecule has 5 heteroatoms. The van der Waals surface area contributed by atoms with Crippen LogP contribution < -0.4 is 4.90 Å². The van der Waals surface area contributed by atoms with Gasteiger partial charge in [-0.1, -0.05) is 12.2 Å². The minimum absolute atomic E-state index is 0.0579. The molecule has 0 spiro atoms. The smallest absolute Gasteiger partial charge is 0.238 e. The van der Waals surface area contributed by atoms with E-state index in [1.54, 1.807) is 0 Å². The van der Waals surface area contributed by atoms with Crippen LogP contribution in [0.4, 0.5) is 5.69 Å². The number of hydrogen-bond donors (Lipinski definition) is 0.